The van der Waals surface area contributed by atoms with Gasteiger partial charge in [0.15, 0.2) is 0 Å². The maximum Gasteiger partial charge on any atom is 0.410 e. The molecular weight excluding hydrogens is 624 g/mol. The van der Waals surface area contributed by atoms with E-state index in [1.54, 1.807) is 20.8 Å². The van der Waals surface area contributed by atoms with Crippen molar-refractivity contribution >= 4 is 29.7 Å². The van der Waals surface area contributed by atoms with Crippen LogP contribution in [0, 0.1) is 0 Å². The maximum absolute atomic E-state index is 14.1. The molecule has 0 bridgehead atoms. The first-order valence-corrected chi connectivity index (χ1v) is 16.5. The van der Waals surface area contributed by atoms with Crippen molar-refractivity contribution in [1.82, 2.24) is 26.3 Å². The van der Waals surface area contributed by atoms with E-state index in [9.17, 15) is 24.0 Å². The summed E-state index contributed by atoms with van der Waals surface area (Å²) in [5.74, 6) is 3.17. The lowest BCUT2D eigenvalue weighted by atomic mass is 10.0. The molecule has 0 saturated carbocycles. The van der Waals surface area contributed by atoms with Crippen molar-refractivity contribution in [2.24, 2.45) is 5.84 Å². The summed E-state index contributed by atoms with van der Waals surface area (Å²) >= 11 is 0. The van der Waals surface area contributed by atoms with E-state index in [0.717, 1.165) is 16.7 Å². The molecule has 6 N–H and O–H groups in total. The largest absolute Gasteiger partial charge is 0.444 e. The van der Waals surface area contributed by atoms with Crippen molar-refractivity contribution < 1.29 is 28.7 Å². The number of ether oxygens (including phenoxy) is 1. The number of carbonyl (C=O) groups excluding carboxylic acids is 5. The van der Waals surface area contributed by atoms with Gasteiger partial charge in [0.2, 0.25) is 17.7 Å². The van der Waals surface area contributed by atoms with Crippen LogP contribution in [0.1, 0.15) is 50.3 Å². The summed E-state index contributed by atoms with van der Waals surface area (Å²) in [6.45, 7) is 5.61. The van der Waals surface area contributed by atoms with Gasteiger partial charge < -0.3 is 20.7 Å². The number of nitrogens with two attached hydrogens (primary N) is 1. The molecule has 0 unspecified atom stereocenters. The number of hydrogen-bond donors (Lipinski definition) is 5. The van der Waals surface area contributed by atoms with Gasteiger partial charge in [0, 0.05) is 25.8 Å². The number of nitrogens with zero attached hydrogens (tertiary/aromatic N) is 1. The second-order valence-electron chi connectivity index (χ2n) is 13.1. The Balaban J connectivity index is 1.57. The molecule has 12 nitrogen and oxygen atoms in total. The zero-order chi connectivity index (χ0) is 35.4. The molecule has 1 fully saturated rings. The van der Waals surface area contributed by atoms with E-state index in [0.29, 0.717) is 19.4 Å². The fourth-order valence-corrected chi connectivity index (χ4v) is 5.67. The Labute approximate surface area is 287 Å². The smallest absolute Gasteiger partial charge is 0.410 e. The van der Waals surface area contributed by atoms with Gasteiger partial charge in [0.25, 0.3) is 5.91 Å². The highest BCUT2D eigenvalue weighted by atomic mass is 16.6. The van der Waals surface area contributed by atoms with Gasteiger partial charge in [-0.05, 0) is 50.3 Å². The average molecular weight is 671 g/mol. The Bertz CT molecular complexity index is 1560. The molecule has 5 amide bonds. The fraction of sp³-hybridized carbons (Fsp3) is 0.378. The number of hydrazine groups is 1. The first-order valence-electron chi connectivity index (χ1n) is 16.5. The number of amides is 5. The molecular formula is C37H46N6O6. The second kappa shape index (κ2) is 17.3. The monoisotopic (exact) mass is 670 g/mol. The lowest BCUT2D eigenvalue weighted by Crippen LogP contribution is -2.59. The third-order valence-corrected chi connectivity index (χ3v) is 8.07. The highest BCUT2D eigenvalue weighted by Gasteiger charge is 2.38. The molecule has 260 valence electrons. The van der Waals surface area contributed by atoms with Gasteiger partial charge in [-0.1, -0.05) is 91.0 Å². The van der Waals surface area contributed by atoms with Crippen LogP contribution in [0.2, 0.25) is 0 Å². The van der Waals surface area contributed by atoms with Crippen molar-refractivity contribution in [1.29, 1.82) is 0 Å². The Morgan fingerprint density at radius 1 is 0.694 bits per heavy atom. The lowest BCUT2D eigenvalue weighted by molar-refractivity contribution is -0.134. The molecule has 12 heteroatoms. The summed E-state index contributed by atoms with van der Waals surface area (Å²) in [5.41, 5.74) is 3.73. The van der Waals surface area contributed by atoms with Crippen LogP contribution in [-0.4, -0.2) is 70.9 Å². The van der Waals surface area contributed by atoms with E-state index >= 15 is 0 Å². The van der Waals surface area contributed by atoms with Crippen LogP contribution in [0.3, 0.4) is 0 Å². The standard InChI is InChI=1S/C37H46N6O6/c1-37(2,3)49-36(48)43-21-13-20-31(43)35(47)41-29(23-26-16-9-5-10-17-26)33(45)39-28(22-25-14-7-4-8-15-25)32(44)40-30(34(46)42-38)24-27-18-11-6-12-19-27/h4-12,14-19,28-31H,13,20-24,38H2,1-3H3,(H,39,45)(H,40,44)(H,41,47)(H,42,46)/t28-,29-,30-,31-/m0/s1. The number of likely N-dealkylation sites (tertiary alicyclic amines) is 1. The Morgan fingerprint density at radius 2 is 1.10 bits per heavy atom. The maximum atomic E-state index is 14.1. The summed E-state index contributed by atoms with van der Waals surface area (Å²) in [4.78, 5) is 68.7. The van der Waals surface area contributed by atoms with Crippen molar-refractivity contribution in [2.75, 3.05) is 6.54 Å². The van der Waals surface area contributed by atoms with E-state index in [4.69, 9.17) is 10.6 Å². The first kappa shape index (κ1) is 36.6. The van der Waals surface area contributed by atoms with Crippen molar-refractivity contribution in [3.05, 3.63) is 108 Å². The van der Waals surface area contributed by atoms with E-state index in [-0.39, 0.29) is 19.3 Å². The summed E-state index contributed by atoms with van der Waals surface area (Å²) in [7, 11) is 0. The van der Waals surface area contributed by atoms with Gasteiger partial charge in [-0.25, -0.2) is 10.6 Å². The number of benzene rings is 3. The molecule has 0 aromatic heterocycles. The van der Waals surface area contributed by atoms with Crippen LogP contribution in [0.5, 0.6) is 0 Å². The predicted octanol–water partition coefficient (Wildman–Crippen LogP) is 2.56. The van der Waals surface area contributed by atoms with Gasteiger partial charge in [-0.15, -0.1) is 0 Å². The third-order valence-electron chi connectivity index (χ3n) is 8.07. The molecule has 4 rings (SSSR count). The Kier molecular flexibility index (Phi) is 12.9. The molecule has 0 radical (unpaired) electrons. The molecule has 3 aromatic carbocycles. The number of rotatable bonds is 13. The zero-order valence-electron chi connectivity index (χ0n) is 28.2. The molecule has 1 heterocycles. The Morgan fingerprint density at radius 3 is 1.51 bits per heavy atom. The molecule has 1 aliphatic heterocycles. The van der Waals surface area contributed by atoms with Crippen LogP contribution in [0.25, 0.3) is 0 Å². The first-order chi connectivity index (χ1) is 23.4. The number of nitrogens with one attached hydrogen (secondary N) is 4. The second-order valence-corrected chi connectivity index (χ2v) is 13.1. The average Bonchev–Trinajstić information content (AvgIpc) is 3.58. The van der Waals surface area contributed by atoms with Crippen molar-refractivity contribution in [3.8, 4) is 0 Å². The normalized spacial score (nSPS) is 16.1. The van der Waals surface area contributed by atoms with Gasteiger partial charge in [0.05, 0.1) is 0 Å². The van der Waals surface area contributed by atoms with E-state index < -0.39 is 59.5 Å². The zero-order valence-corrected chi connectivity index (χ0v) is 28.2. The molecule has 1 aliphatic rings. The molecule has 0 spiro atoms. The van der Waals surface area contributed by atoms with Gasteiger partial charge in [-0.3, -0.25) is 29.5 Å². The minimum Gasteiger partial charge on any atom is -0.444 e. The molecule has 4 atom stereocenters. The van der Waals surface area contributed by atoms with Crippen LogP contribution in [0.15, 0.2) is 91.0 Å². The summed E-state index contributed by atoms with van der Waals surface area (Å²) in [6.07, 6.45) is 0.831. The van der Waals surface area contributed by atoms with E-state index in [1.807, 2.05) is 91.0 Å². The highest BCUT2D eigenvalue weighted by Crippen LogP contribution is 2.21. The lowest BCUT2D eigenvalue weighted by Gasteiger charge is -2.29. The molecule has 49 heavy (non-hydrogen) atoms. The topological polar surface area (TPSA) is 172 Å². The molecule has 0 aliphatic carbocycles. The predicted molar refractivity (Wildman–Crippen MR) is 185 cm³/mol. The SMILES string of the molecule is CC(C)(C)OC(=O)N1CCC[C@H]1C(=O)N[C@@H](Cc1ccccc1)C(=O)N[C@@H](Cc1ccccc1)C(=O)N[C@@H](Cc1ccccc1)C(=O)NN. The van der Waals surface area contributed by atoms with Crippen LogP contribution in [-0.2, 0) is 43.2 Å². The summed E-state index contributed by atoms with van der Waals surface area (Å²) in [5, 5.41) is 8.45. The quantitative estimate of drug-likeness (QED) is 0.106. The Hall–Kier alpha value is -5.23. The fourth-order valence-electron chi connectivity index (χ4n) is 5.67. The van der Waals surface area contributed by atoms with Gasteiger partial charge in [-0.2, -0.15) is 0 Å². The third kappa shape index (κ3) is 11.2. The van der Waals surface area contributed by atoms with Crippen LogP contribution >= 0.6 is 0 Å². The van der Waals surface area contributed by atoms with Crippen LogP contribution < -0.4 is 27.2 Å². The minimum atomic E-state index is -1.11. The summed E-state index contributed by atoms with van der Waals surface area (Å²) < 4.78 is 5.53. The summed E-state index contributed by atoms with van der Waals surface area (Å²) in [6, 6.07) is 23.4. The van der Waals surface area contributed by atoms with E-state index in [1.165, 1.54) is 4.90 Å². The number of hydrogen-bond acceptors (Lipinski definition) is 7. The van der Waals surface area contributed by atoms with Crippen LogP contribution in [0.4, 0.5) is 4.79 Å². The van der Waals surface area contributed by atoms with Crippen molar-refractivity contribution in [2.45, 2.75) is 82.6 Å². The minimum absolute atomic E-state index is 0.113. The van der Waals surface area contributed by atoms with Crippen molar-refractivity contribution in [3.63, 3.8) is 0 Å². The van der Waals surface area contributed by atoms with E-state index in [2.05, 4.69) is 21.4 Å². The van der Waals surface area contributed by atoms with Gasteiger partial charge in [0.1, 0.15) is 29.8 Å². The highest BCUT2D eigenvalue weighted by molar-refractivity contribution is 5.95. The van der Waals surface area contributed by atoms with Gasteiger partial charge >= 0.3 is 6.09 Å². The molecule has 3 aromatic rings. The number of carbonyl (C=O) groups is 5. The molecule has 1 saturated heterocycles.